The van der Waals surface area contributed by atoms with Crippen LogP contribution in [0, 0.1) is 0 Å². The molecule has 1 N–H and O–H groups in total. The fourth-order valence-electron chi connectivity index (χ4n) is 3.17. The average molecular weight is 394 g/mol. The maximum atomic E-state index is 12.6. The predicted octanol–water partition coefficient (Wildman–Crippen LogP) is 4.19. The lowest BCUT2D eigenvalue weighted by Gasteiger charge is -2.28. The van der Waals surface area contributed by atoms with E-state index in [0.717, 1.165) is 53.6 Å². The summed E-state index contributed by atoms with van der Waals surface area (Å²) in [6.07, 6.45) is 0. The number of benzene rings is 2. The van der Waals surface area contributed by atoms with Crippen LogP contribution in [0.1, 0.15) is 6.92 Å². The number of carbonyl (C=O) groups is 1. The lowest BCUT2D eigenvalue weighted by molar-refractivity contribution is -0.115. The van der Waals surface area contributed by atoms with Crippen LogP contribution in [0.4, 0.5) is 11.4 Å². The summed E-state index contributed by atoms with van der Waals surface area (Å²) in [5.74, 6) is -0.0286. The van der Waals surface area contributed by atoms with Crippen molar-refractivity contribution in [3.05, 3.63) is 60.7 Å². The SMILES string of the molecule is CC(Sc1ccc2ccccc2n1)C(=O)Nc1ccc(N2CCOCC2)cc1. The Balaban J connectivity index is 1.36. The van der Waals surface area contributed by atoms with E-state index >= 15 is 0 Å². The highest BCUT2D eigenvalue weighted by molar-refractivity contribution is 8.00. The van der Waals surface area contributed by atoms with Crippen LogP contribution in [0.2, 0.25) is 0 Å². The number of thioether (sulfide) groups is 1. The topological polar surface area (TPSA) is 54.5 Å². The summed E-state index contributed by atoms with van der Waals surface area (Å²) in [4.78, 5) is 19.5. The molecule has 1 saturated heterocycles. The molecule has 6 heteroatoms. The second-order valence-corrected chi connectivity index (χ2v) is 8.10. The van der Waals surface area contributed by atoms with Gasteiger partial charge in [0.05, 0.1) is 29.0 Å². The number of nitrogens with zero attached hydrogens (tertiary/aromatic N) is 2. The molecule has 1 aromatic heterocycles. The molecule has 144 valence electrons. The number of hydrogen-bond donors (Lipinski definition) is 1. The van der Waals surface area contributed by atoms with Crippen LogP contribution < -0.4 is 10.2 Å². The van der Waals surface area contributed by atoms with E-state index < -0.39 is 0 Å². The number of morpholine rings is 1. The highest BCUT2D eigenvalue weighted by Crippen LogP contribution is 2.25. The van der Waals surface area contributed by atoms with Crippen molar-refractivity contribution in [1.29, 1.82) is 0 Å². The molecule has 1 unspecified atom stereocenters. The van der Waals surface area contributed by atoms with E-state index in [9.17, 15) is 4.79 Å². The van der Waals surface area contributed by atoms with Crippen molar-refractivity contribution >= 4 is 39.9 Å². The molecule has 1 aliphatic rings. The van der Waals surface area contributed by atoms with E-state index in [2.05, 4.69) is 15.2 Å². The Hall–Kier alpha value is -2.57. The minimum atomic E-state index is -0.243. The Kier molecular flexibility index (Phi) is 5.78. The standard InChI is InChI=1S/C22H23N3O2S/c1-16(28-21-11-6-17-4-2-3-5-20(17)24-21)22(26)23-18-7-9-19(10-8-18)25-12-14-27-15-13-25/h2-11,16H,12-15H2,1H3,(H,23,26). The zero-order chi connectivity index (χ0) is 19.3. The summed E-state index contributed by atoms with van der Waals surface area (Å²) in [6.45, 7) is 5.22. The number of para-hydroxylation sites is 1. The molecule has 0 radical (unpaired) electrons. The van der Waals surface area contributed by atoms with Crippen molar-refractivity contribution < 1.29 is 9.53 Å². The Morgan fingerprint density at radius 1 is 1.07 bits per heavy atom. The third-order valence-electron chi connectivity index (χ3n) is 4.75. The zero-order valence-corrected chi connectivity index (χ0v) is 16.6. The molecule has 28 heavy (non-hydrogen) atoms. The minimum absolute atomic E-state index is 0.0286. The minimum Gasteiger partial charge on any atom is -0.378 e. The number of aromatic nitrogens is 1. The maximum Gasteiger partial charge on any atom is 0.237 e. The lowest BCUT2D eigenvalue weighted by atomic mass is 10.2. The molecular weight excluding hydrogens is 370 g/mol. The van der Waals surface area contributed by atoms with E-state index in [-0.39, 0.29) is 11.2 Å². The molecule has 1 amide bonds. The molecule has 1 atom stereocenters. The number of hydrogen-bond acceptors (Lipinski definition) is 5. The van der Waals surface area contributed by atoms with Crippen molar-refractivity contribution in [2.45, 2.75) is 17.2 Å². The van der Waals surface area contributed by atoms with Gasteiger partial charge in [-0.25, -0.2) is 4.98 Å². The molecular formula is C22H23N3O2S. The molecule has 1 fully saturated rings. The number of amides is 1. The lowest BCUT2D eigenvalue weighted by Crippen LogP contribution is -2.36. The summed E-state index contributed by atoms with van der Waals surface area (Å²) in [7, 11) is 0. The van der Waals surface area contributed by atoms with Gasteiger partial charge in [0.2, 0.25) is 5.91 Å². The second kappa shape index (κ2) is 8.63. The quantitative estimate of drug-likeness (QED) is 0.659. The van der Waals surface area contributed by atoms with Crippen LogP contribution in [0.5, 0.6) is 0 Å². The first-order chi connectivity index (χ1) is 13.7. The van der Waals surface area contributed by atoms with Crippen LogP contribution in [0.3, 0.4) is 0 Å². The van der Waals surface area contributed by atoms with Gasteiger partial charge < -0.3 is 15.0 Å². The summed E-state index contributed by atoms with van der Waals surface area (Å²) >= 11 is 1.47. The molecule has 0 spiro atoms. The largest absolute Gasteiger partial charge is 0.378 e. The van der Waals surface area contributed by atoms with Gasteiger partial charge in [0.1, 0.15) is 0 Å². The summed E-state index contributed by atoms with van der Waals surface area (Å²) < 4.78 is 5.39. The van der Waals surface area contributed by atoms with Crippen molar-refractivity contribution in [3.63, 3.8) is 0 Å². The number of fused-ring (bicyclic) bond motifs is 1. The van der Waals surface area contributed by atoms with E-state index in [4.69, 9.17) is 4.74 Å². The monoisotopic (exact) mass is 393 g/mol. The first kappa shape index (κ1) is 18.8. The predicted molar refractivity (Wildman–Crippen MR) is 115 cm³/mol. The smallest absolute Gasteiger partial charge is 0.237 e. The van der Waals surface area contributed by atoms with Crippen LogP contribution in [-0.2, 0) is 9.53 Å². The molecule has 0 bridgehead atoms. The van der Waals surface area contributed by atoms with Crippen molar-refractivity contribution in [3.8, 4) is 0 Å². The van der Waals surface area contributed by atoms with E-state index in [0.29, 0.717) is 0 Å². The fourth-order valence-corrected chi connectivity index (χ4v) is 3.99. The molecule has 2 aromatic carbocycles. The number of rotatable bonds is 5. The van der Waals surface area contributed by atoms with E-state index in [1.807, 2.05) is 67.6 Å². The highest BCUT2D eigenvalue weighted by atomic mass is 32.2. The van der Waals surface area contributed by atoms with E-state index in [1.54, 1.807) is 0 Å². The van der Waals surface area contributed by atoms with E-state index in [1.165, 1.54) is 11.8 Å². The molecule has 2 heterocycles. The number of carbonyl (C=O) groups excluding carboxylic acids is 1. The Labute approximate surface area is 169 Å². The molecule has 1 aliphatic heterocycles. The van der Waals surface area contributed by atoms with Crippen molar-refractivity contribution in [2.24, 2.45) is 0 Å². The highest BCUT2D eigenvalue weighted by Gasteiger charge is 2.16. The van der Waals surface area contributed by atoms with Crippen LogP contribution in [0.25, 0.3) is 10.9 Å². The first-order valence-electron chi connectivity index (χ1n) is 9.45. The maximum absolute atomic E-state index is 12.6. The molecule has 4 rings (SSSR count). The van der Waals surface area contributed by atoms with Crippen LogP contribution >= 0.6 is 11.8 Å². The summed E-state index contributed by atoms with van der Waals surface area (Å²) in [6, 6.07) is 20.0. The summed E-state index contributed by atoms with van der Waals surface area (Å²) in [5.41, 5.74) is 2.91. The Morgan fingerprint density at radius 3 is 2.61 bits per heavy atom. The second-order valence-electron chi connectivity index (χ2n) is 6.74. The van der Waals surface area contributed by atoms with Gasteiger partial charge in [-0.05, 0) is 43.3 Å². The third kappa shape index (κ3) is 4.46. The first-order valence-corrected chi connectivity index (χ1v) is 10.3. The van der Waals surface area contributed by atoms with Gasteiger partial charge in [-0.2, -0.15) is 0 Å². The Morgan fingerprint density at radius 2 is 1.82 bits per heavy atom. The molecule has 0 aliphatic carbocycles. The van der Waals surface area contributed by atoms with Gasteiger partial charge >= 0.3 is 0 Å². The van der Waals surface area contributed by atoms with Gasteiger partial charge in [0.25, 0.3) is 0 Å². The van der Waals surface area contributed by atoms with Crippen LogP contribution in [0.15, 0.2) is 65.7 Å². The zero-order valence-electron chi connectivity index (χ0n) is 15.8. The van der Waals surface area contributed by atoms with Crippen molar-refractivity contribution in [2.75, 3.05) is 36.5 Å². The molecule has 5 nitrogen and oxygen atoms in total. The number of pyridine rings is 1. The van der Waals surface area contributed by atoms with Gasteiger partial charge in [-0.3, -0.25) is 4.79 Å². The number of anilines is 2. The summed E-state index contributed by atoms with van der Waals surface area (Å²) in [5, 5.41) is 4.71. The van der Waals surface area contributed by atoms with Crippen molar-refractivity contribution in [1.82, 2.24) is 4.98 Å². The normalized spacial score (nSPS) is 15.4. The number of nitrogens with one attached hydrogen (secondary N) is 1. The number of ether oxygens (including phenoxy) is 1. The fraction of sp³-hybridized carbons (Fsp3) is 0.273. The van der Waals surface area contributed by atoms with Gasteiger partial charge in [0.15, 0.2) is 0 Å². The average Bonchev–Trinajstić information content (AvgIpc) is 2.75. The molecule has 3 aromatic rings. The van der Waals surface area contributed by atoms with Gasteiger partial charge in [-0.15, -0.1) is 0 Å². The van der Waals surface area contributed by atoms with Crippen LogP contribution in [-0.4, -0.2) is 42.4 Å². The molecule has 0 saturated carbocycles. The van der Waals surface area contributed by atoms with Gasteiger partial charge in [-0.1, -0.05) is 36.0 Å². The third-order valence-corrected chi connectivity index (χ3v) is 5.79. The Bertz CT molecular complexity index is 955. The van der Waals surface area contributed by atoms with Gasteiger partial charge in [0, 0.05) is 29.9 Å².